The average Bonchev–Trinajstić information content (AvgIpc) is 3.13. The lowest BCUT2D eigenvalue weighted by Crippen LogP contribution is -2.23. The molecule has 0 aliphatic rings. The first-order valence-electron chi connectivity index (χ1n) is 9.55. The number of carbonyl (C=O) groups is 1. The number of halogens is 3. The molecule has 1 heterocycles. The van der Waals surface area contributed by atoms with Crippen LogP contribution in [0.5, 0.6) is 5.75 Å². The van der Waals surface area contributed by atoms with Crippen molar-refractivity contribution in [2.75, 3.05) is 4.90 Å². The van der Waals surface area contributed by atoms with Crippen molar-refractivity contribution in [1.82, 2.24) is 4.98 Å². The molecule has 4 aromatic rings. The van der Waals surface area contributed by atoms with Gasteiger partial charge in [0.1, 0.15) is 17.7 Å². The first kappa shape index (κ1) is 22.3. The maximum absolute atomic E-state index is 13.9. The lowest BCUT2D eigenvalue weighted by molar-refractivity contribution is 0.205. The van der Waals surface area contributed by atoms with E-state index in [0.29, 0.717) is 32.7 Å². The molecule has 5 nitrogen and oxygen atoms in total. The number of benzene rings is 3. The fourth-order valence-electron chi connectivity index (χ4n) is 3.31. The van der Waals surface area contributed by atoms with Crippen LogP contribution in [0.2, 0.25) is 10.0 Å². The third-order valence-corrected chi connectivity index (χ3v) is 6.58. The zero-order valence-corrected chi connectivity index (χ0v) is 19.3. The molecule has 1 aromatic heterocycles. The van der Waals surface area contributed by atoms with E-state index in [1.165, 1.54) is 23.5 Å². The number of ether oxygens (including phenoxy) is 1. The third kappa shape index (κ3) is 4.24. The molecule has 1 amide bonds. The number of anilines is 2. The largest absolute Gasteiger partial charge is 0.486 e. The molecule has 1 N–H and O–H groups in total. The van der Waals surface area contributed by atoms with Crippen LogP contribution in [0.1, 0.15) is 24.2 Å². The Bertz CT molecular complexity index is 1310. The van der Waals surface area contributed by atoms with E-state index in [0.717, 1.165) is 15.2 Å². The molecule has 0 saturated heterocycles. The van der Waals surface area contributed by atoms with Crippen LogP contribution < -0.4 is 9.64 Å². The summed E-state index contributed by atoms with van der Waals surface area (Å²) in [6.07, 6.45) is -1.75. The van der Waals surface area contributed by atoms with Gasteiger partial charge in [-0.05, 0) is 55.8 Å². The maximum Gasteiger partial charge on any atom is 0.418 e. The number of amides is 1. The van der Waals surface area contributed by atoms with Crippen molar-refractivity contribution < 1.29 is 19.0 Å². The Hall–Kier alpha value is -2.87. The number of thiazole rings is 1. The van der Waals surface area contributed by atoms with Crippen molar-refractivity contribution >= 4 is 61.7 Å². The van der Waals surface area contributed by atoms with Gasteiger partial charge in [-0.3, -0.25) is 0 Å². The van der Waals surface area contributed by atoms with Gasteiger partial charge in [-0.1, -0.05) is 52.7 Å². The molecule has 0 aliphatic carbocycles. The van der Waals surface area contributed by atoms with Gasteiger partial charge in [-0.25, -0.2) is 19.1 Å². The standard InChI is InChI=1S/C23H17Cl2FN2O3S/c1-12-10-17-19(32-22(27-17)28(23(29)30)14-6-4-3-5-7-14)11-18(12)31-13(2)20-15(24)8-9-16(26)21(20)25/h3-11,13H,1-2H3,(H,29,30). The van der Waals surface area contributed by atoms with Gasteiger partial charge in [0.15, 0.2) is 0 Å². The van der Waals surface area contributed by atoms with E-state index in [1.807, 2.05) is 19.1 Å². The summed E-state index contributed by atoms with van der Waals surface area (Å²) in [6.45, 7) is 3.58. The first-order valence-corrected chi connectivity index (χ1v) is 11.1. The molecule has 0 fully saturated rings. The number of hydrogen-bond donors (Lipinski definition) is 1. The van der Waals surface area contributed by atoms with Crippen LogP contribution in [0, 0.1) is 12.7 Å². The minimum Gasteiger partial charge on any atom is -0.486 e. The minimum atomic E-state index is -1.13. The van der Waals surface area contributed by atoms with Crippen molar-refractivity contribution in [3.8, 4) is 5.75 Å². The van der Waals surface area contributed by atoms with Gasteiger partial charge in [-0.2, -0.15) is 0 Å². The van der Waals surface area contributed by atoms with Gasteiger partial charge in [0.05, 0.1) is 20.9 Å². The van der Waals surface area contributed by atoms with Crippen LogP contribution in [-0.4, -0.2) is 16.2 Å². The molecule has 1 unspecified atom stereocenters. The van der Waals surface area contributed by atoms with Crippen LogP contribution in [-0.2, 0) is 0 Å². The molecule has 1 atom stereocenters. The van der Waals surface area contributed by atoms with Crippen LogP contribution in [0.15, 0.2) is 54.6 Å². The van der Waals surface area contributed by atoms with E-state index >= 15 is 0 Å². The molecule has 4 rings (SSSR count). The molecular formula is C23H17Cl2FN2O3S. The highest BCUT2D eigenvalue weighted by Crippen LogP contribution is 2.39. The molecule has 0 radical (unpaired) electrons. The maximum atomic E-state index is 13.9. The Labute approximate surface area is 197 Å². The summed E-state index contributed by atoms with van der Waals surface area (Å²) in [4.78, 5) is 17.6. The summed E-state index contributed by atoms with van der Waals surface area (Å²) in [7, 11) is 0. The van der Waals surface area contributed by atoms with Crippen molar-refractivity contribution in [1.29, 1.82) is 0 Å². The molecule has 0 aliphatic heterocycles. The molecule has 0 spiro atoms. The number of aryl methyl sites for hydroxylation is 1. The minimum absolute atomic E-state index is 0.0798. The van der Waals surface area contributed by atoms with E-state index in [4.69, 9.17) is 27.9 Å². The smallest absolute Gasteiger partial charge is 0.418 e. The van der Waals surface area contributed by atoms with Crippen molar-refractivity contribution in [2.45, 2.75) is 20.0 Å². The second-order valence-corrected chi connectivity index (χ2v) is 8.85. The van der Waals surface area contributed by atoms with Gasteiger partial charge >= 0.3 is 6.09 Å². The first-order chi connectivity index (χ1) is 15.3. The number of fused-ring (bicyclic) bond motifs is 1. The van der Waals surface area contributed by atoms with Crippen molar-refractivity contribution in [2.24, 2.45) is 0 Å². The normalized spacial score (nSPS) is 12.0. The fourth-order valence-corrected chi connectivity index (χ4v) is 4.98. The fraction of sp³-hybridized carbons (Fsp3) is 0.130. The van der Waals surface area contributed by atoms with E-state index in [2.05, 4.69) is 4.98 Å². The lowest BCUT2D eigenvalue weighted by Gasteiger charge is -2.19. The van der Waals surface area contributed by atoms with E-state index < -0.39 is 18.0 Å². The quantitative estimate of drug-likeness (QED) is 0.287. The monoisotopic (exact) mass is 490 g/mol. The van der Waals surface area contributed by atoms with Crippen molar-refractivity contribution in [3.05, 3.63) is 81.6 Å². The summed E-state index contributed by atoms with van der Waals surface area (Å²) in [5.41, 5.74) is 2.29. The molecule has 32 heavy (non-hydrogen) atoms. The SMILES string of the molecule is Cc1cc2nc(N(C(=O)O)c3ccccc3)sc2cc1OC(C)c1c(Cl)ccc(F)c1Cl. The van der Waals surface area contributed by atoms with Gasteiger partial charge in [-0.15, -0.1) is 0 Å². The molecule has 164 valence electrons. The van der Waals surface area contributed by atoms with Crippen LogP contribution >= 0.6 is 34.5 Å². The molecule has 0 bridgehead atoms. The topological polar surface area (TPSA) is 62.7 Å². The molecule has 0 saturated carbocycles. The van der Waals surface area contributed by atoms with E-state index in [9.17, 15) is 14.3 Å². The summed E-state index contributed by atoms with van der Waals surface area (Å²) in [5.74, 6) is -0.0337. The number of rotatable bonds is 5. The predicted octanol–water partition coefficient (Wildman–Crippen LogP) is 8.01. The Morgan fingerprint density at radius 3 is 2.59 bits per heavy atom. The molecule has 9 heteroatoms. The number of aromatic nitrogens is 1. The van der Waals surface area contributed by atoms with Crippen molar-refractivity contribution in [3.63, 3.8) is 0 Å². The summed E-state index contributed by atoms with van der Waals surface area (Å²) in [5, 5.41) is 10.3. The van der Waals surface area contributed by atoms with Gasteiger partial charge < -0.3 is 9.84 Å². The number of para-hydroxylation sites is 1. The Morgan fingerprint density at radius 2 is 1.91 bits per heavy atom. The highest BCUT2D eigenvalue weighted by molar-refractivity contribution is 7.22. The molecule has 3 aromatic carbocycles. The lowest BCUT2D eigenvalue weighted by atomic mass is 10.1. The van der Waals surface area contributed by atoms with Crippen LogP contribution in [0.4, 0.5) is 20.0 Å². The zero-order chi connectivity index (χ0) is 23.0. The average molecular weight is 491 g/mol. The summed E-state index contributed by atoms with van der Waals surface area (Å²) in [6, 6.07) is 15.0. The highest BCUT2D eigenvalue weighted by atomic mass is 35.5. The second-order valence-electron chi connectivity index (χ2n) is 7.05. The molecular weight excluding hydrogens is 474 g/mol. The van der Waals surface area contributed by atoms with E-state index in [1.54, 1.807) is 37.3 Å². The van der Waals surface area contributed by atoms with E-state index in [-0.39, 0.29) is 5.02 Å². The summed E-state index contributed by atoms with van der Waals surface area (Å²) >= 11 is 13.6. The number of carboxylic acid groups (broad SMARTS) is 1. The van der Waals surface area contributed by atoms with Crippen LogP contribution in [0.25, 0.3) is 10.2 Å². The second kappa shape index (κ2) is 8.94. The van der Waals surface area contributed by atoms with Gasteiger partial charge in [0.25, 0.3) is 0 Å². The Morgan fingerprint density at radius 1 is 1.19 bits per heavy atom. The number of hydrogen-bond acceptors (Lipinski definition) is 4. The van der Waals surface area contributed by atoms with Gasteiger partial charge in [0, 0.05) is 10.6 Å². The Kier molecular flexibility index (Phi) is 6.24. The van der Waals surface area contributed by atoms with Gasteiger partial charge in [0.2, 0.25) is 5.13 Å². The number of nitrogens with zero attached hydrogens (tertiary/aromatic N) is 2. The highest BCUT2D eigenvalue weighted by Gasteiger charge is 2.23. The zero-order valence-electron chi connectivity index (χ0n) is 17.0. The Balaban J connectivity index is 1.70. The van der Waals surface area contributed by atoms with Crippen LogP contribution in [0.3, 0.4) is 0 Å². The summed E-state index contributed by atoms with van der Waals surface area (Å²) < 4.78 is 20.7. The third-order valence-electron chi connectivity index (χ3n) is 4.86. The predicted molar refractivity (Wildman–Crippen MR) is 126 cm³/mol.